The van der Waals surface area contributed by atoms with Crippen molar-refractivity contribution in [3.05, 3.63) is 84.3 Å². The SMILES string of the molecule is Cc1nn(-c2ccccc2)cc1CNCCCn1ccc2ccccc21. The Kier molecular flexibility index (Phi) is 4.84. The molecule has 0 saturated heterocycles. The van der Waals surface area contributed by atoms with E-state index in [1.54, 1.807) is 0 Å². The molecule has 132 valence electrons. The fraction of sp³-hybridized carbons (Fsp3) is 0.227. The van der Waals surface area contributed by atoms with Crippen molar-refractivity contribution in [2.24, 2.45) is 0 Å². The zero-order valence-corrected chi connectivity index (χ0v) is 15.1. The molecule has 0 atom stereocenters. The minimum absolute atomic E-state index is 0.852. The Morgan fingerprint density at radius 1 is 0.962 bits per heavy atom. The van der Waals surface area contributed by atoms with E-state index in [9.17, 15) is 0 Å². The monoisotopic (exact) mass is 344 g/mol. The summed E-state index contributed by atoms with van der Waals surface area (Å²) < 4.78 is 4.29. The van der Waals surface area contributed by atoms with Gasteiger partial charge in [0.25, 0.3) is 0 Å². The fourth-order valence-electron chi connectivity index (χ4n) is 3.32. The average molecular weight is 344 g/mol. The second-order valence-electron chi connectivity index (χ2n) is 6.62. The molecule has 2 aromatic carbocycles. The standard InChI is InChI=1S/C22H24N4/c1-18-20(17-26(24-18)21-9-3-2-4-10-21)16-23-13-7-14-25-15-12-19-8-5-6-11-22(19)25/h2-6,8-12,15,17,23H,7,13-14,16H2,1H3. The molecule has 0 fully saturated rings. The molecule has 4 rings (SSSR count). The Balaban J connectivity index is 1.29. The summed E-state index contributed by atoms with van der Waals surface area (Å²) in [4.78, 5) is 0. The fourth-order valence-corrected chi connectivity index (χ4v) is 3.32. The van der Waals surface area contributed by atoms with Crippen molar-refractivity contribution in [3.8, 4) is 5.69 Å². The highest BCUT2D eigenvalue weighted by molar-refractivity contribution is 5.79. The largest absolute Gasteiger partial charge is 0.347 e. The van der Waals surface area contributed by atoms with Crippen molar-refractivity contribution >= 4 is 10.9 Å². The number of aryl methyl sites for hydroxylation is 2. The maximum atomic E-state index is 4.63. The molecule has 0 radical (unpaired) electrons. The van der Waals surface area contributed by atoms with E-state index < -0.39 is 0 Å². The van der Waals surface area contributed by atoms with Crippen LogP contribution in [0.2, 0.25) is 0 Å². The number of hydrogen-bond acceptors (Lipinski definition) is 2. The molecule has 4 heteroatoms. The van der Waals surface area contributed by atoms with Crippen molar-refractivity contribution < 1.29 is 0 Å². The highest BCUT2D eigenvalue weighted by Crippen LogP contribution is 2.15. The van der Waals surface area contributed by atoms with Crippen LogP contribution in [0.4, 0.5) is 0 Å². The van der Waals surface area contributed by atoms with Gasteiger partial charge in [0.1, 0.15) is 0 Å². The molecule has 0 aliphatic carbocycles. The van der Waals surface area contributed by atoms with Crippen molar-refractivity contribution in [3.63, 3.8) is 0 Å². The van der Waals surface area contributed by atoms with Crippen LogP contribution in [0.3, 0.4) is 0 Å². The second-order valence-corrected chi connectivity index (χ2v) is 6.62. The molecule has 0 spiro atoms. The summed E-state index contributed by atoms with van der Waals surface area (Å²) in [6.07, 6.45) is 5.40. The molecule has 0 unspecified atom stereocenters. The first-order chi connectivity index (χ1) is 12.8. The van der Waals surface area contributed by atoms with Crippen molar-refractivity contribution in [2.75, 3.05) is 6.54 Å². The average Bonchev–Trinajstić information content (AvgIpc) is 3.26. The lowest BCUT2D eigenvalue weighted by Crippen LogP contribution is -2.16. The summed E-state index contributed by atoms with van der Waals surface area (Å²) in [6.45, 7) is 4.94. The topological polar surface area (TPSA) is 34.8 Å². The normalized spacial score (nSPS) is 11.3. The van der Waals surface area contributed by atoms with E-state index in [-0.39, 0.29) is 0 Å². The summed E-state index contributed by atoms with van der Waals surface area (Å²) >= 11 is 0. The van der Waals surface area contributed by atoms with E-state index in [0.717, 1.165) is 37.4 Å². The Labute approximate surface area is 154 Å². The Hall–Kier alpha value is -2.85. The Bertz CT molecular complexity index is 982. The van der Waals surface area contributed by atoms with Crippen LogP contribution in [-0.2, 0) is 13.1 Å². The van der Waals surface area contributed by atoms with Crippen LogP contribution in [0, 0.1) is 6.92 Å². The lowest BCUT2D eigenvalue weighted by atomic mass is 10.2. The van der Waals surface area contributed by atoms with Crippen LogP contribution >= 0.6 is 0 Å². The summed E-state index contributed by atoms with van der Waals surface area (Å²) in [5, 5.41) is 9.49. The van der Waals surface area contributed by atoms with Crippen LogP contribution in [-0.4, -0.2) is 20.9 Å². The quantitative estimate of drug-likeness (QED) is 0.507. The molecule has 0 saturated carbocycles. The highest BCUT2D eigenvalue weighted by atomic mass is 15.3. The van der Waals surface area contributed by atoms with Gasteiger partial charge in [0.2, 0.25) is 0 Å². The van der Waals surface area contributed by atoms with E-state index in [0.29, 0.717) is 0 Å². The smallest absolute Gasteiger partial charge is 0.0645 e. The van der Waals surface area contributed by atoms with E-state index in [1.165, 1.54) is 16.5 Å². The molecule has 2 aromatic heterocycles. The maximum absolute atomic E-state index is 4.63. The molecule has 1 N–H and O–H groups in total. The lowest BCUT2D eigenvalue weighted by molar-refractivity contribution is 0.590. The van der Waals surface area contributed by atoms with Gasteiger partial charge in [0, 0.05) is 36.6 Å². The van der Waals surface area contributed by atoms with Crippen molar-refractivity contribution in [1.82, 2.24) is 19.7 Å². The molecule has 0 aliphatic rings. The molecule has 26 heavy (non-hydrogen) atoms. The number of hydrogen-bond donors (Lipinski definition) is 1. The van der Waals surface area contributed by atoms with E-state index in [1.807, 2.05) is 22.9 Å². The van der Waals surface area contributed by atoms with Gasteiger partial charge in [-0.25, -0.2) is 4.68 Å². The van der Waals surface area contributed by atoms with Gasteiger partial charge in [0.05, 0.1) is 11.4 Å². The molecule has 4 nitrogen and oxygen atoms in total. The minimum atomic E-state index is 0.852. The number of rotatable bonds is 7. The molecule has 4 aromatic rings. The van der Waals surface area contributed by atoms with Crippen LogP contribution in [0.5, 0.6) is 0 Å². The van der Waals surface area contributed by atoms with Crippen molar-refractivity contribution in [2.45, 2.75) is 26.4 Å². The van der Waals surface area contributed by atoms with Crippen LogP contribution in [0.1, 0.15) is 17.7 Å². The number of aromatic nitrogens is 3. The van der Waals surface area contributed by atoms with Gasteiger partial charge in [0.15, 0.2) is 0 Å². The summed E-state index contributed by atoms with van der Waals surface area (Å²) in [7, 11) is 0. The first-order valence-corrected chi connectivity index (χ1v) is 9.16. The molecule has 2 heterocycles. The first-order valence-electron chi connectivity index (χ1n) is 9.16. The molecular weight excluding hydrogens is 320 g/mol. The van der Waals surface area contributed by atoms with Gasteiger partial charge in [-0.15, -0.1) is 0 Å². The molecular formula is C22H24N4. The zero-order chi connectivity index (χ0) is 17.8. The maximum Gasteiger partial charge on any atom is 0.0645 e. The highest BCUT2D eigenvalue weighted by Gasteiger charge is 2.06. The van der Waals surface area contributed by atoms with E-state index >= 15 is 0 Å². The van der Waals surface area contributed by atoms with Gasteiger partial charge in [-0.05, 0) is 49.5 Å². The van der Waals surface area contributed by atoms with Crippen LogP contribution < -0.4 is 5.32 Å². The summed E-state index contributed by atoms with van der Waals surface area (Å²) in [6, 6.07) is 21.0. The number of para-hydroxylation sites is 2. The van der Waals surface area contributed by atoms with Crippen molar-refractivity contribution in [1.29, 1.82) is 0 Å². The van der Waals surface area contributed by atoms with Gasteiger partial charge >= 0.3 is 0 Å². The predicted molar refractivity (Wildman–Crippen MR) is 107 cm³/mol. The van der Waals surface area contributed by atoms with E-state index in [4.69, 9.17) is 0 Å². The van der Waals surface area contributed by atoms with Gasteiger partial charge < -0.3 is 9.88 Å². The minimum Gasteiger partial charge on any atom is -0.347 e. The van der Waals surface area contributed by atoms with Crippen LogP contribution in [0.25, 0.3) is 16.6 Å². The molecule has 0 amide bonds. The summed E-state index contributed by atoms with van der Waals surface area (Å²) in [5.74, 6) is 0. The lowest BCUT2D eigenvalue weighted by Gasteiger charge is -2.07. The zero-order valence-electron chi connectivity index (χ0n) is 15.1. The number of benzene rings is 2. The van der Waals surface area contributed by atoms with Gasteiger partial charge in [-0.2, -0.15) is 5.10 Å². The second kappa shape index (κ2) is 7.58. The predicted octanol–water partition coefficient (Wildman–Crippen LogP) is 4.32. The van der Waals surface area contributed by atoms with E-state index in [2.05, 4.69) is 76.8 Å². The third-order valence-electron chi connectivity index (χ3n) is 4.77. The van der Waals surface area contributed by atoms with Crippen LogP contribution in [0.15, 0.2) is 73.1 Å². The Morgan fingerprint density at radius 2 is 1.77 bits per heavy atom. The summed E-state index contributed by atoms with van der Waals surface area (Å²) in [5.41, 5.74) is 4.74. The Morgan fingerprint density at radius 3 is 2.65 bits per heavy atom. The number of fused-ring (bicyclic) bond motifs is 1. The van der Waals surface area contributed by atoms with Gasteiger partial charge in [-0.3, -0.25) is 0 Å². The first kappa shape index (κ1) is 16.6. The number of nitrogens with one attached hydrogen (secondary N) is 1. The molecule has 0 aliphatic heterocycles. The third-order valence-corrected chi connectivity index (χ3v) is 4.77. The van der Waals surface area contributed by atoms with Gasteiger partial charge in [-0.1, -0.05) is 36.4 Å². The third kappa shape index (κ3) is 3.55. The molecule has 0 bridgehead atoms. The number of nitrogens with zero attached hydrogens (tertiary/aromatic N) is 3.